The van der Waals surface area contributed by atoms with Gasteiger partial charge in [0.05, 0.1) is 33.1 Å². The van der Waals surface area contributed by atoms with Crippen molar-refractivity contribution in [3.63, 3.8) is 0 Å². The molecule has 0 bridgehead atoms. The van der Waals surface area contributed by atoms with Crippen molar-refractivity contribution in [1.29, 1.82) is 0 Å². The Balaban J connectivity index is 0.000000152. The lowest BCUT2D eigenvalue weighted by Gasteiger charge is -2.26. The first-order chi connectivity index (χ1) is 54.8. The number of rotatable bonds is 14. The molecule has 1 atom stereocenters. The molecule has 1 unspecified atom stereocenters. The Hall–Kier alpha value is -14.3. The van der Waals surface area contributed by atoms with Gasteiger partial charge in [0.1, 0.15) is 0 Å². The normalized spacial score (nSPS) is 12.5. The highest BCUT2D eigenvalue weighted by Gasteiger charge is 2.36. The third-order valence-corrected chi connectivity index (χ3v) is 22.8. The highest BCUT2D eigenvalue weighted by atomic mass is 15.1. The molecule has 20 aromatic rings. The highest BCUT2D eigenvalue weighted by molar-refractivity contribution is 6.13. The van der Waals surface area contributed by atoms with E-state index in [-0.39, 0.29) is 11.3 Å². The summed E-state index contributed by atoms with van der Waals surface area (Å²) < 4.78 is 7.13. The molecular formula is C106H77N5. The predicted octanol–water partition coefficient (Wildman–Crippen LogP) is 28.4. The van der Waals surface area contributed by atoms with Crippen LogP contribution in [0.4, 0.5) is 34.1 Å². The Labute approximate surface area is 647 Å². The number of nitrogens with zero attached hydrogens (tertiary/aromatic N) is 5. The zero-order chi connectivity index (χ0) is 73.9. The molecule has 3 aromatic heterocycles. The van der Waals surface area contributed by atoms with Crippen LogP contribution in [-0.4, -0.2) is 13.7 Å². The first kappa shape index (κ1) is 66.2. The molecule has 1 aliphatic rings. The van der Waals surface area contributed by atoms with Crippen molar-refractivity contribution < 1.29 is 0 Å². The number of benzene rings is 17. The van der Waals surface area contributed by atoms with E-state index in [1.165, 1.54) is 121 Å². The summed E-state index contributed by atoms with van der Waals surface area (Å²) in [6.45, 7) is 4.71. The van der Waals surface area contributed by atoms with Gasteiger partial charge in [-0.25, -0.2) is 0 Å². The molecule has 21 rings (SSSR count). The molecular weight excluding hydrogens is 1340 g/mol. The summed E-state index contributed by atoms with van der Waals surface area (Å²) in [6, 6.07) is 154. The molecule has 0 spiro atoms. The summed E-state index contributed by atoms with van der Waals surface area (Å²) in [7, 11) is 0. The summed E-state index contributed by atoms with van der Waals surface area (Å²) in [5.74, 6) is 0.0734. The van der Waals surface area contributed by atoms with Crippen molar-refractivity contribution in [2.75, 3.05) is 9.80 Å². The van der Waals surface area contributed by atoms with Crippen molar-refractivity contribution >= 4 is 99.5 Å². The second-order valence-electron chi connectivity index (χ2n) is 29.6. The molecule has 526 valence electrons. The summed E-state index contributed by atoms with van der Waals surface area (Å²) >= 11 is 0. The zero-order valence-corrected chi connectivity index (χ0v) is 61.7. The van der Waals surface area contributed by atoms with Crippen LogP contribution in [0.1, 0.15) is 47.6 Å². The summed E-state index contributed by atoms with van der Waals surface area (Å²) in [5.41, 5.74) is 31.5. The van der Waals surface area contributed by atoms with Crippen LogP contribution in [0.3, 0.4) is 0 Å². The standard InChI is InChI=1S/C60H42N4.C46H35N/c1-5-17-45(18-6-1)61(51-37-39-59-55(41-51)53-25-13-15-27-57(53)63(59)47-21-9-3-10-22-47)49-33-29-43(30-34-49)44-31-35-50(36-32-44)62(46-19-7-2-8-20-46)52-38-40-60-56(42-52)54-26-14-16-28-58(54)64(60)48-23-11-4-12-24-48;1-46(2)41-19-11-9-17-37(41)39-29-34(25-27-42(39)46)45(33-23-21-32(22-24-33)31-13-5-3-6-14-31)35-26-28-44-40(30-35)38-18-10-12-20-43(38)47(44)36-15-7-4-8-16-36/h1-42H;3-30,45H,1-2H3. The largest absolute Gasteiger partial charge is 0.310 e. The van der Waals surface area contributed by atoms with Crippen LogP contribution in [0, 0.1) is 0 Å². The molecule has 17 aromatic carbocycles. The highest BCUT2D eigenvalue weighted by Crippen LogP contribution is 2.51. The number of hydrogen-bond donors (Lipinski definition) is 0. The third kappa shape index (κ3) is 11.7. The van der Waals surface area contributed by atoms with Crippen LogP contribution in [-0.2, 0) is 5.41 Å². The smallest absolute Gasteiger partial charge is 0.0542 e. The molecule has 0 fully saturated rings. The van der Waals surface area contributed by atoms with Gasteiger partial charge in [0.2, 0.25) is 0 Å². The van der Waals surface area contributed by atoms with Gasteiger partial charge < -0.3 is 23.5 Å². The first-order valence-electron chi connectivity index (χ1n) is 38.4. The van der Waals surface area contributed by atoms with Gasteiger partial charge in [-0.2, -0.15) is 0 Å². The van der Waals surface area contributed by atoms with Crippen LogP contribution < -0.4 is 9.80 Å². The molecule has 0 radical (unpaired) electrons. The summed E-state index contributed by atoms with van der Waals surface area (Å²) in [5, 5.41) is 7.46. The Morgan fingerprint density at radius 1 is 0.207 bits per heavy atom. The number of hydrogen-bond acceptors (Lipinski definition) is 2. The van der Waals surface area contributed by atoms with E-state index in [0.29, 0.717) is 0 Å². The predicted molar refractivity (Wildman–Crippen MR) is 468 cm³/mol. The maximum Gasteiger partial charge on any atom is 0.0542 e. The van der Waals surface area contributed by atoms with Crippen LogP contribution in [0.5, 0.6) is 0 Å². The molecule has 5 nitrogen and oxygen atoms in total. The van der Waals surface area contributed by atoms with E-state index >= 15 is 0 Å². The van der Waals surface area contributed by atoms with E-state index in [1.807, 2.05) is 0 Å². The maximum atomic E-state index is 2.47. The van der Waals surface area contributed by atoms with Crippen molar-refractivity contribution in [2.45, 2.75) is 25.2 Å². The molecule has 0 N–H and O–H groups in total. The van der Waals surface area contributed by atoms with Crippen LogP contribution in [0.2, 0.25) is 0 Å². The fourth-order valence-corrected chi connectivity index (χ4v) is 17.6. The Kier molecular flexibility index (Phi) is 16.6. The fraction of sp³-hybridized carbons (Fsp3) is 0.0377. The Morgan fingerprint density at radius 3 is 0.955 bits per heavy atom. The quantitative estimate of drug-likeness (QED) is 0.101. The van der Waals surface area contributed by atoms with E-state index in [0.717, 1.165) is 56.6 Å². The number of fused-ring (bicyclic) bond motifs is 12. The minimum Gasteiger partial charge on any atom is -0.310 e. The Morgan fingerprint density at radius 2 is 0.505 bits per heavy atom. The monoisotopic (exact) mass is 1420 g/mol. The number of anilines is 6. The second-order valence-corrected chi connectivity index (χ2v) is 29.6. The Bertz CT molecular complexity index is 6560. The molecule has 0 amide bonds. The zero-order valence-electron chi connectivity index (χ0n) is 61.7. The molecule has 5 heteroatoms. The van der Waals surface area contributed by atoms with Crippen LogP contribution in [0.15, 0.2) is 425 Å². The molecule has 0 saturated carbocycles. The van der Waals surface area contributed by atoms with Crippen molar-refractivity contribution in [3.8, 4) is 50.4 Å². The SMILES string of the molecule is CC1(C)c2ccccc2-c2cc(C(c3ccc(-c4ccccc4)cc3)c3ccc4c(c3)c3ccccc3n4-c3ccccc3)ccc21.c1ccc(N(c2ccc(-c3ccc(N(c4ccccc4)c4ccc5c(c4)c4ccccc4n5-c4ccccc4)cc3)cc2)c2ccc3c(c2)c2ccccc2n3-c2ccccc2)cc1. The van der Waals surface area contributed by atoms with Crippen molar-refractivity contribution in [1.82, 2.24) is 13.7 Å². The third-order valence-electron chi connectivity index (χ3n) is 22.8. The maximum absolute atomic E-state index is 2.47. The van der Waals surface area contributed by atoms with E-state index in [2.05, 4.69) is 462 Å². The lowest BCUT2D eigenvalue weighted by molar-refractivity contribution is 0.660. The molecule has 1 aliphatic carbocycles. The van der Waals surface area contributed by atoms with Crippen molar-refractivity contribution in [3.05, 3.63) is 452 Å². The van der Waals surface area contributed by atoms with Gasteiger partial charge in [-0.1, -0.05) is 281 Å². The fourth-order valence-electron chi connectivity index (χ4n) is 17.6. The molecule has 0 saturated heterocycles. The second kappa shape index (κ2) is 27.8. The van der Waals surface area contributed by atoms with E-state index in [1.54, 1.807) is 0 Å². The van der Waals surface area contributed by atoms with Gasteiger partial charge in [-0.3, -0.25) is 0 Å². The van der Waals surface area contributed by atoms with E-state index in [9.17, 15) is 0 Å². The van der Waals surface area contributed by atoms with Crippen LogP contribution >= 0.6 is 0 Å². The first-order valence-corrected chi connectivity index (χ1v) is 38.4. The lowest BCUT2D eigenvalue weighted by Crippen LogP contribution is -2.15. The topological polar surface area (TPSA) is 21.3 Å². The van der Waals surface area contributed by atoms with E-state index in [4.69, 9.17) is 0 Å². The lowest BCUT2D eigenvalue weighted by atomic mass is 9.80. The average molecular weight is 1420 g/mol. The van der Waals surface area contributed by atoms with Crippen LogP contribution in [0.25, 0.3) is 116 Å². The van der Waals surface area contributed by atoms with Gasteiger partial charge >= 0.3 is 0 Å². The van der Waals surface area contributed by atoms with Gasteiger partial charge in [0, 0.05) is 94.8 Å². The molecule has 0 aliphatic heterocycles. The average Bonchev–Trinajstić information content (AvgIpc) is 1.60. The van der Waals surface area contributed by atoms with Crippen molar-refractivity contribution in [2.24, 2.45) is 0 Å². The van der Waals surface area contributed by atoms with Gasteiger partial charge in [-0.15, -0.1) is 0 Å². The van der Waals surface area contributed by atoms with Gasteiger partial charge in [-0.05, 0) is 219 Å². The van der Waals surface area contributed by atoms with Gasteiger partial charge in [0.25, 0.3) is 0 Å². The minimum atomic E-state index is -0.0184. The summed E-state index contributed by atoms with van der Waals surface area (Å²) in [6.07, 6.45) is 0. The molecule has 111 heavy (non-hydrogen) atoms. The minimum absolute atomic E-state index is 0.0184. The van der Waals surface area contributed by atoms with E-state index < -0.39 is 0 Å². The van der Waals surface area contributed by atoms with Gasteiger partial charge in [0.15, 0.2) is 0 Å². The molecule has 3 heterocycles. The number of para-hydroxylation sites is 8. The number of aromatic nitrogens is 3. The summed E-state index contributed by atoms with van der Waals surface area (Å²) in [4.78, 5) is 4.71.